The molecule has 3 N–H and O–H groups in total. The van der Waals surface area contributed by atoms with Gasteiger partial charge < -0.3 is 11.1 Å². The Labute approximate surface area is 96.0 Å². The molecule has 3 nitrogen and oxygen atoms in total. The largest absolute Gasteiger partial charge is 0.398 e. The summed E-state index contributed by atoms with van der Waals surface area (Å²) in [5.74, 6) is -0.00130. The number of aryl methyl sites for hydroxylation is 1. The molecule has 16 heavy (non-hydrogen) atoms. The van der Waals surface area contributed by atoms with Crippen molar-refractivity contribution in [1.82, 2.24) is 5.32 Å². The summed E-state index contributed by atoms with van der Waals surface area (Å²) in [5.41, 5.74) is 8.14. The van der Waals surface area contributed by atoms with Gasteiger partial charge in [-0.2, -0.15) is 0 Å². The number of carbonyl (C=O) groups is 1. The molecule has 0 saturated heterocycles. The molecule has 0 unspecified atom stereocenters. The highest BCUT2D eigenvalue weighted by Crippen LogP contribution is 2.19. The number of carbonyl (C=O) groups excluding carboxylic acids is 1. The van der Waals surface area contributed by atoms with Crippen molar-refractivity contribution in [2.45, 2.75) is 38.6 Å². The second-order valence-corrected chi connectivity index (χ2v) is 4.53. The highest BCUT2D eigenvalue weighted by molar-refractivity contribution is 5.95. The highest BCUT2D eigenvalue weighted by Gasteiger charge is 2.17. The minimum absolute atomic E-state index is 0.00130. The smallest absolute Gasteiger partial charge is 0.251 e. The summed E-state index contributed by atoms with van der Waals surface area (Å²) in [6.07, 6.45) is 4.65. The van der Waals surface area contributed by atoms with E-state index in [2.05, 4.69) is 5.32 Å². The molecular weight excluding hydrogens is 200 g/mol. The van der Waals surface area contributed by atoms with Crippen LogP contribution in [0.4, 0.5) is 5.69 Å². The fourth-order valence-corrected chi connectivity index (χ4v) is 2.12. The first-order valence-electron chi connectivity index (χ1n) is 5.84. The van der Waals surface area contributed by atoms with Gasteiger partial charge in [0.25, 0.3) is 5.91 Å². The molecule has 1 amide bonds. The predicted octanol–water partition coefficient (Wildman–Crippen LogP) is 2.25. The van der Waals surface area contributed by atoms with Gasteiger partial charge in [-0.05, 0) is 37.5 Å². The second kappa shape index (κ2) is 4.56. The van der Waals surface area contributed by atoms with Crippen molar-refractivity contribution >= 4 is 11.6 Å². The summed E-state index contributed by atoms with van der Waals surface area (Å²) >= 11 is 0. The standard InChI is InChI=1S/C13H18N2O/c1-9-6-7-10(8-12(9)14)13(16)15-11-4-2-3-5-11/h6-8,11H,2-5,14H2,1H3,(H,15,16). The highest BCUT2D eigenvalue weighted by atomic mass is 16.1. The van der Waals surface area contributed by atoms with Crippen molar-refractivity contribution < 1.29 is 4.79 Å². The number of rotatable bonds is 2. The number of hydrogen-bond acceptors (Lipinski definition) is 2. The molecule has 86 valence electrons. The molecule has 0 spiro atoms. The number of nitrogens with one attached hydrogen (secondary N) is 1. The topological polar surface area (TPSA) is 55.1 Å². The van der Waals surface area contributed by atoms with E-state index in [0.29, 0.717) is 17.3 Å². The predicted molar refractivity (Wildman–Crippen MR) is 65.3 cm³/mol. The molecule has 0 heterocycles. The van der Waals surface area contributed by atoms with E-state index in [-0.39, 0.29) is 5.91 Å². The number of hydrogen-bond donors (Lipinski definition) is 2. The van der Waals surface area contributed by atoms with E-state index < -0.39 is 0 Å². The zero-order valence-corrected chi connectivity index (χ0v) is 9.62. The third-order valence-corrected chi connectivity index (χ3v) is 3.23. The Morgan fingerprint density at radius 3 is 2.69 bits per heavy atom. The summed E-state index contributed by atoms with van der Waals surface area (Å²) in [4.78, 5) is 11.9. The molecule has 0 aromatic heterocycles. The molecule has 2 rings (SSSR count). The third-order valence-electron chi connectivity index (χ3n) is 3.23. The molecule has 0 radical (unpaired) electrons. The van der Waals surface area contributed by atoms with Crippen LogP contribution in [0, 0.1) is 6.92 Å². The van der Waals surface area contributed by atoms with Gasteiger partial charge in [0.2, 0.25) is 0 Å². The third kappa shape index (κ3) is 2.35. The fourth-order valence-electron chi connectivity index (χ4n) is 2.12. The van der Waals surface area contributed by atoms with Gasteiger partial charge in [-0.15, -0.1) is 0 Å². The molecule has 1 aromatic rings. The van der Waals surface area contributed by atoms with Crippen molar-refractivity contribution in [2.24, 2.45) is 0 Å². The van der Waals surface area contributed by atoms with Crippen molar-refractivity contribution in [1.29, 1.82) is 0 Å². The van der Waals surface area contributed by atoms with Gasteiger partial charge in [-0.1, -0.05) is 18.9 Å². The van der Waals surface area contributed by atoms with Crippen LogP contribution < -0.4 is 11.1 Å². The first-order chi connectivity index (χ1) is 7.66. The van der Waals surface area contributed by atoms with Crippen molar-refractivity contribution in [3.8, 4) is 0 Å². The molecule has 0 bridgehead atoms. The minimum atomic E-state index is -0.00130. The van der Waals surface area contributed by atoms with Gasteiger partial charge in [0.15, 0.2) is 0 Å². The maximum atomic E-state index is 11.9. The first kappa shape index (κ1) is 11.0. The van der Waals surface area contributed by atoms with Crippen LogP contribution >= 0.6 is 0 Å². The molecular formula is C13H18N2O. The van der Waals surface area contributed by atoms with Gasteiger partial charge in [0.1, 0.15) is 0 Å². The van der Waals surface area contributed by atoms with Crippen LogP contribution in [-0.2, 0) is 0 Å². The second-order valence-electron chi connectivity index (χ2n) is 4.53. The number of nitrogens with two attached hydrogens (primary N) is 1. The number of amides is 1. The summed E-state index contributed by atoms with van der Waals surface area (Å²) < 4.78 is 0. The van der Waals surface area contributed by atoms with Crippen LogP contribution in [0.5, 0.6) is 0 Å². The SMILES string of the molecule is Cc1ccc(C(=O)NC2CCCC2)cc1N. The molecule has 1 aliphatic rings. The quantitative estimate of drug-likeness (QED) is 0.748. The normalized spacial score (nSPS) is 16.3. The summed E-state index contributed by atoms with van der Waals surface area (Å²) in [5, 5.41) is 3.05. The molecule has 1 aliphatic carbocycles. The zero-order chi connectivity index (χ0) is 11.5. The molecule has 1 aromatic carbocycles. The first-order valence-corrected chi connectivity index (χ1v) is 5.84. The minimum Gasteiger partial charge on any atom is -0.398 e. The van der Waals surface area contributed by atoms with E-state index in [9.17, 15) is 4.79 Å². The van der Waals surface area contributed by atoms with Crippen LogP contribution in [0.1, 0.15) is 41.6 Å². The van der Waals surface area contributed by atoms with Gasteiger partial charge in [0, 0.05) is 17.3 Å². The Hall–Kier alpha value is -1.51. The van der Waals surface area contributed by atoms with E-state index in [4.69, 9.17) is 5.73 Å². The average Bonchev–Trinajstić information content (AvgIpc) is 2.74. The van der Waals surface area contributed by atoms with Crippen LogP contribution in [0.15, 0.2) is 18.2 Å². The van der Waals surface area contributed by atoms with Crippen molar-refractivity contribution in [3.63, 3.8) is 0 Å². The summed E-state index contributed by atoms with van der Waals surface area (Å²) in [7, 11) is 0. The monoisotopic (exact) mass is 218 g/mol. The molecule has 1 saturated carbocycles. The Morgan fingerprint density at radius 1 is 1.38 bits per heavy atom. The lowest BCUT2D eigenvalue weighted by Gasteiger charge is -2.12. The lowest BCUT2D eigenvalue weighted by atomic mass is 10.1. The van der Waals surface area contributed by atoms with Crippen molar-refractivity contribution in [2.75, 3.05) is 5.73 Å². The number of nitrogen functional groups attached to an aromatic ring is 1. The van der Waals surface area contributed by atoms with E-state index in [0.717, 1.165) is 18.4 Å². The number of anilines is 1. The van der Waals surface area contributed by atoms with Crippen LogP contribution in [-0.4, -0.2) is 11.9 Å². The fraction of sp³-hybridized carbons (Fsp3) is 0.462. The Bertz CT molecular complexity index is 395. The molecule has 1 fully saturated rings. The van der Waals surface area contributed by atoms with Gasteiger partial charge in [-0.3, -0.25) is 4.79 Å². The maximum Gasteiger partial charge on any atom is 0.251 e. The van der Waals surface area contributed by atoms with Gasteiger partial charge >= 0.3 is 0 Å². The van der Waals surface area contributed by atoms with Gasteiger partial charge in [-0.25, -0.2) is 0 Å². The molecule has 0 aliphatic heterocycles. The average molecular weight is 218 g/mol. The van der Waals surface area contributed by atoms with Crippen LogP contribution in [0.25, 0.3) is 0 Å². The van der Waals surface area contributed by atoms with Gasteiger partial charge in [0.05, 0.1) is 0 Å². The van der Waals surface area contributed by atoms with E-state index in [1.165, 1.54) is 12.8 Å². The van der Waals surface area contributed by atoms with E-state index >= 15 is 0 Å². The van der Waals surface area contributed by atoms with Crippen LogP contribution in [0.2, 0.25) is 0 Å². The summed E-state index contributed by atoms with van der Waals surface area (Å²) in [6, 6.07) is 5.82. The van der Waals surface area contributed by atoms with Crippen LogP contribution in [0.3, 0.4) is 0 Å². The zero-order valence-electron chi connectivity index (χ0n) is 9.62. The number of benzene rings is 1. The molecule has 0 atom stereocenters. The Kier molecular flexibility index (Phi) is 3.13. The van der Waals surface area contributed by atoms with E-state index in [1.807, 2.05) is 19.1 Å². The maximum absolute atomic E-state index is 11.9. The lowest BCUT2D eigenvalue weighted by molar-refractivity contribution is 0.0938. The lowest BCUT2D eigenvalue weighted by Crippen LogP contribution is -2.32. The summed E-state index contributed by atoms with van der Waals surface area (Å²) in [6.45, 7) is 1.94. The Morgan fingerprint density at radius 2 is 2.06 bits per heavy atom. The van der Waals surface area contributed by atoms with Crippen molar-refractivity contribution in [3.05, 3.63) is 29.3 Å². The Balaban J connectivity index is 2.05. The van der Waals surface area contributed by atoms with E-state index in [1.54, 1.807) is 6.07 Å². The molecule has 3 heteroatoms.